The Labute approximate surface area is 166 Å². The molecule has 0 bridgehead atoms. The summed E-state index contributed by atoms with van der Waals surface area (Å²) in [5.41, 5.74) is 3.03. The summed E-state index contributed by atoms with van der Waals surface area (Å²) in [6.07, 6.45) is 5.26. The second-order valence-electron chi connectivity index (χ2n) is 5.80. The van der Waals surface area contributed by atoms with Gasteiger partial charge in [0.05, 0.1) is 24.3 Å². The highest BCUT2D eigenvalue weighted by molar-refractivity contribution is 7.10. The topological polar surface area (TPSA) is 98.0 Å². The predicted octanol–water partition coefficient (Wildman–Crippen LogP) is 3.52. The molecule has 3 aromatic rings. The van der Waals surface area contributed by atoms with Gasteiger partial charge in [0, 0.05) is 5.38 Å². The number of rotatable bonds is 5. The molecule has 3 N–H and O–H groups in total. The Bertz CT molecular complexity index is 1060. The maximum Gasteiger partial charge on any atom is 0.320 e. The fraction of sp³-hybridized carbons (Fsp3) is 0.0952. The van der Waals surface area contributed by atoms with E-state index in [9.17, 15) is 15.2 Å². The first-order chi connectivity index (χ1) is 13.6. The zero-order valence-corrected chi connectivity index (χ0v) is 15.5. The Balaban J connectivity index is 1.71. The van der Waals surface area contributed by atoms with Gasteiger partial charge in [-0.05, 0) is 28.7 Å². The van der Waals surface area contributed by atoms with Gasteiger partial charge in [0.2, 0.25) is 0 Å². The van der Waals surface area contributed by atoms with Crippen LogP contribution in [0.25, 0.3) is 11.1 Å². The maximum absolute atomic E-state index is 12.2. The van der Waals surface area contributed by atoms with E-state index in [1.54, 1.807) is 11.4 Å². The number of carbonyl (C=O) groups is 1. The van der Waals surface area contributed by atoms with Crippen LogP contribution in [-0.4, -0.2) is 22.7 Å². The number of hydrogen-bond acceptors (Lipinski definition) is 5. The quantitative estimate of drug-likeness (QED) is 0.583. The monoisotopic (exact) mass is 388 g/mol. The summed E-state index contributed by atoms with van der Waals surface area (Å²) in [6.45, 7) is -0.270. The summed E-state index contributed by atoms with van der Waals surface area (Å²) in [5.74, 6) is 2.76. The number of hydrogen-bond donors (Lipinski definition) is 3. The van der Waals surface area contributed by atoms with Crippen LogP contribution in [0.5, 0.6) is 0 Å². The summed E-state index contributed by atoms with van der Waals surface area (Å²) in [5, 5.41) is 26.3. The number of nitriles is 1. The van der Waals surface area contributed by atoms with Gasteiger partial charge in [-0.15, -0.1) is 17.8 Å². The second kappa shape index (κ2) is 8.83. The van der Waals surface area contributed by atoms with E-state index in [4.69, 9.17) is 6.42 Å². The van der Waals surface area contributed by atoms with Gasteiger partial charge in [0.25, 0.3) is 0 Å². The molecule has 28 heavy (non-hydrogen) atoms. The molecular formula is C21H16N4O2S. The third kappa shape index (κ3) is 4.36. The molecule has 1 aromatic heterocycles. The van der Waals surface area contributed by atoms with E-state index in [-0.39, 0.29) is 6.61 Å². The minimum atomic E-state index is -0.592. The third-order valence-electron chi connectivity index (χ3n) is 4.03. The number of aliphatic hydroxyl groups excluding tert-OH is 1. The first-order valence-corrected chi connectivity index (χ1v) is 9.22. The average Bonchev–Trinajstić information content (AvgIpc) is 3.19. The number of nitrogens with zero attached hydrogens (tertiary/aromatic N) is 2. The molecule has 0 aliphatic carbocycles. The molecule has 0 saturated heterocycles. The average molecular weight is 388 g/mol. The lowest BCUT2D eigenvalue weighted by molar-refractivity contribution is 0.225. The summed E-state index contributed by atoms with van der Waals surface area (Å²) in [7, 11) is 0. The first kappa shape index (κ1) is 19.1. The highest BCUT2D eigenvalue weighted by Crippen LogP contribution is 2.25. The Morgan fingerprint density at radius 2 is 2.00 bits per heavy atom. The number of carbonyl (C=O) groups excluding carboxylic acids is 1. The number of urea groups is 1. The molecular weight excluding hydrogens is 372 g/mol. The fourth-order valence-electron chi connectivity index (χ4n) is 2.67. The van der Waals surface area contributed by atoms with Crippen LogP contribution in [0.15, 0.2) is 53.9 Å². The van der Waals surface area contributed by atoms with Crippen molar-refractivity contribution in [3.8, 4) is 29.5 Å². The number of thiazole rings is 1. The maximum atomic E-state index is 12.2. The Hall–Kier alpha value is -3.65. The molecule has 2 amide bonds. The van der Waals surface area contributed by atoms with Crippen LogP contribution in [0.4, 0.5) is 10.6 Å². The van der Waals surface area contributed by atoms with Crippen molar-refractivity contribution in [1.29, 1.82) is 5.26 Å². The molecule has 1 unspecified atom stereocenters. The Morgan fingerprint density at radius 3 is 2.64 bits per heavy atom. The summed E-state index contributed by atoms with van der Waals surface area (Å²) in [4.78, 5) is 16.2. The van der Waals surface area contributed by atoms with Gasteiger partial charge >= 0.3 is 6.03 Å². The van der Waals surface area contributed by atoms with Crippen molar-refractivity contribution in [1.82, 2.24) is 10.3 Å². The lowest BCUT2D eigenvalue weighted by atomic mass is 9.98. The molecule has 7 heteroatoms. The lowest BCUT2D eigenvalue weighted by Crippen LogP contribution is -2.34. The van der Waals surface area contributed by atoms with E-state index in [0.29, 0.717) is 16.4 Å². The van der Waals surface area contributed by atoms with Crippen LogP contribution < -0.4 is 10.6 Å². The number of amides is 2. The fourth-order valence-corrected chi connectivity index (χ4v) is 3.22. The standard InChI is InChI=1S/C21H16N4O2S/c1-2-20-24-19(13-28-20)25-21(27)23-18(12-26)15-9-7-14(8-10-15)17-6-4-3-5-16(17)11-22/h1,3-10,13,18,26H,12H2,(H2,23,25,27). The van der Waals surface area contributed by atoms with Crippen molar-refractivity contribution in [2.24, 2.45) is 0 Å². The van der Waals surface area contributed by atoms with Gasteiger partial charge in [-0.25, -0.2) is 9.78 Å². The minimum absolute atomic E-state index is 0.270. The first-order valence-electron chi connectivity index (χ1n) is 8.34. The molecule has 138 valence electrons. The number of terminal acetylenes is 1. The van der Waals surface area contributed by atoms with Crippen molar-refractivity contribution >= 4 is 23.2 Å². The molecule has 6 nitrogen and oxygen atoms in total. The summed E-state index contributed by atoms with van der Waals surface area (Å²) >= 11 is 1.25. The molecule has 0 aliphatic rings. The predicted molar refractivity (Wildman–Crippen MR) is 109 cm³/mol. The van der Waals surface area contributed by atoms with Crippen LogP contribution in [0.2, 0.25) is 0 Å². The number of aromatic nitrogens is 1. The van der Waals surface area contributed by atoms with E-state index in [0.717, 1.165) is 16.7 Å². The summed E-state index contributed by atoms with van der Waals surface area (Å²) < 4.78 is 0. The van der Waals surface area contributed by atoms with Crippen LogP contribution in [0.3, 0.4) is 0 Å². The van der Waals surface area contributed by atoms with Gasteiger partial charge in [-0.1, -0.05) is 42.5 Å². The SMILES string of the molecule is C#Cc1nc(NC(=O)NC(CO)c2ccc(-c3ccccc3C#N)cc2)cs1. The lowest BCUT2D eigenvalue weighted by Gasteiger charge is -2.17. The van der Waals surface area contributed by atoms with Crippen LogP contribution >= 0.6 is 11.3 Å². The molecule has 1 atom stereocenters. The summed E-state index contributed by atoms with van der Waals surface area (Å²) in [6, 6.07) is 15.7. The smallest absolute Gasteiger partial charge is 0.320 e. The van der Waals surface area contributed by atoms with Crippen molar-refractivity contribution in [2.75, 3.05) is 11.9 Å². The molecule has 0 saturated carbocycles. The van der Waals surface area contributed by atoms with Gasteiger partial charge in [0.1, 0.15) is 5.82 Å². The van der Waals surface area contributed by atoms with E-state index < -0.39 is 12.1 Å². The number of nitrogens with one attached hydrogen (secondary N) is 2. The molecule has 0 fully saturated rings. The minimum Gasteiger partial charge on any atom is -0.394 e. The van der Waals surface area contributed by atoms with Crippen molar-refractivity contribution in [2.45, 2.75) is 6.04 Å². The Morgan fingerprint density at radius 1 is 1.25 bits per heavy atom. The van der Waals surface area contributed by atoms with Gasteiger partial charge in [-0.3, -0.25) is 5.32 Å². The Kier molecular flexibility index (Phi) is 6.03. The highest BCUT2D eigenvalue weighted by Gasteiger charge is 2.15. The van der Waals surface area contributed by atoms with Crippen molar-refractivity contribution in [3.05, 3.63) is 70.0 Å². The zero-order valence-electron chi connectivity index (χ0n) is 14.7. The number of anilines is 1. The van der Waals surface area contributed by atoms with Crippen LogP contribution in [0.1, 0.15) is 22.2 Å². The largest absolute Gasteiger partial charge is 0.394 e. The van der Waals surface area contributed by atoms with E-state index in [1.807, 2.05) is 42.5 Å². The van der Waals surface area contributed by atoms with Crippen LogP contribution in [-0.2, 0) is 0 Å². The van der Waals surface area contributed by atoms with Crippen molar-refractivity contribution < 1.29 is 9.90 Å². The normalized spacial score (nSPS) is 11.1. The number of benzene rings is 2. The molecule has 1 heterocycles. The van der Waals surface area contributed by atoms with E-state index in [1.165, 1.54) is 11.3 Å². The third-order valence-corrected chi connectivity index (χ3v) is 4.80. The van der Waals surface area contributed by atoms with E-state index in [2.05, 4.69) is 27.6 Å². The molecule has 0 spiro atoms. The van der Waals surface area contributed by atoms with E-state index >= 15 is 0 Å². The molecule has 0 radical (unpaired) electrons. The van der Waals surface area contributed by atoms with Gasteiger partial charge in [-0.2, -0.15) is 5.26 Å². The number of aliphatic hydroxyl groups is 1. The highest BCUT2D eigenvalue weighted by atomic mass is 32.1. The second-order valence-corrected chi connectivity index (χ2v) is 6.65. The molecule has 2 aromatic carbocycles. The molecule has 0 aliphatic heterocycles. The van der Waals surface area contributed by atoms with Gasteiger partial charge < -0.3 is 10.4 Å². The van der Waals surface area contributed by atoms with Crippen LogP contribution in [0, 0.1) is 23.7 Å². The molecule has 3 rings (SSSR count). The van der Waals surface area contributed by atoms with Crippen molar-refractivity contribution in [3.63, 3.8) is 0 Å². The van der Waals surface area contributed by atoms with Gasteiger partial charge in [0.15, 0.2) is 5.01 Å². The zero-order chi connectivity index (χ0) is 19.9.